The first-order valence-electron chi connectivity index (χ1n) is 4.42. The van der Waals surface area contributed by atoms with Gasteiger partial charge in [0, 0.05) is 12.4 Å². The molecule has 1 atom stereocenters. The van der Waals surface area contributed by atoms with Crippen LogP contribution in [0.25, 0.3) is 0 Å². The summed E-state index contributed by atoms with van der Waals surface area (Å²) in [4.78, 5) is 21.8. The van der Waals surface area contributed by atoms with Crippen molar-refractivity contribution in [2.45, 2.75) is 12.3 Å². The number of phenols is 1. The van der Waals surface area contributed by atoms with Crippen LogP contribution < -0.4 is 10.4 Å². The minimum absolute atomic E-state index is 0.0540. The molecule has 15 heavy (non-hydrogen) atoms. The van der Waals surface area contributed by atoms with Crippen molar-refractivity contribution in [2.24, 2.45) is 0 Å². The lowest BCUT2D eigenvalue weighted by molar-refractivity contribution is -0.306. The first kappa shape index (κ1) is 9.51. The van der Waals surface area contributed by atoms with Crippen molar-refractivity contribution >= 4 is 17.6 Å². The van der Waals surface area contributed by atoms with Gasteiger partial charge >= 0.3 is 0 Å². The van der Waals surface area contributed by atoms with Crippen LogP contribution in [0.5, 0.6) is 5.75 Å². The average Bonchev–Trinajstić information content (AvgIpc) is 2.45. The van der Waals surface area contributed by atoms with Gasteiger partial charge in [0.1, 0.15) is 5.75 Å². The highest BCUT2D eigenvalue weighted by Gasteiger charge is 2.31. The lowest BCUT2D eigenvalue weighted by Gasteiger charge is -2.08. The first-order chi connectivity index (χ1) is 7.09. The van der Waals surface area contributed by atoms with Gasteiger partial charge in [0.05, 0.1) is 11.6 Å². The summed E-state index contributed by atoms with van der Waals surface area (Å²) in [6.07, 6.45) is -0.373. The Morgan fingerprint density at radius 2 is 2.27 bits per heavy atom. The Labute approximate surface area is 85.3 Å². The maximum Gasteiger partial charge on any atom is 0.232 e. The number of anilines is 1. The van der Waals surface area contributed by atoms with E-state index < -0.39 is 17.8 Å². The van der Waals surface area contributed by atoms with E-state index in [1.807, 2.05) is 0 Å². The zero-order valence-electron chi connectivity index (χ0n) is 7.69. The number of fused-ring (bicyclic) bond motifs is 1. The van der Waals surface area contributed by atoms with Crippen molar-refractivity contribution in [3.05, 3.63) is 23.8 Å². The molecule has 0 aromatic heterocycles. The molecule has 0 saturated carbocycles. The summed E-state index contributed by atoms with van der Waals surface area (Å²) >= 11 is 0. The molecule has 1 heterocycles. The summed E-state index contributed by atoms with van der Waals surface area (Å²) in [5, 5.41) is 22.3. The summed E-state index contributed by atoms with van der Waals surface area (Å²) in [5.41, 5.74) is 0.804. The molecule has 0 spiro atoms. The number of carboxylic acid groups (broad SMARTS) is 1. The number of aromatic hydroxyl groups is 1. The quantitative estimate of drug-likeness (QED) is 0.642. The molecule has 0 fully saturated rings. The third-order valence-corrected chi connectivity index (χ3v) is 2.39. The number of phenolic OH excluding ortho intramolecular Hbond substituents is 1. The van der Waals surface area contributed by atoms with Gasteiger partial charge in [-0.25, -0.2) is 0 Å². The van der Waals surface area contributed by atoms with Crippen molar-refractivity contribution in [1.82, 2.24) is 0 Å². The summed E-state index contributed by atoms with van der Waals surface area (Å²) < 4.78 is 0. The third-order valence-electron chi connectivity index (χ3n) is 2.39. The van der Waals surface area contributed by atoms with E-state index in [0.29, 0.717) is 11.3 Å². The van der Waals surface area contributed by atoms with E-state index in [9.17, 15) is 19.8 Å². The van der Waals surface area contributed by atoms with E-state index in [0.717, 1.165) is 0 Å². The summed E-state index contributed by atoms with van der Waals surface area (Å²) in [7, 11) is 0. The summed E-state index contributed by atoms with van der Waals surface area (Å²) in [6, 6.07) is 4.61. The fourth-order valence-corrected chi connectivity index (χ4v) is 1.70. The van der Waals surface area contributed by atoms with Crippen molar-refractivity contribution in [1.29, 1.82) is 0 Å². The number of aliphatic carboxylic acids is 1. The highest BCUT2D eigenvalue weighted by Crippen LogP contribution is 2.39. The molecular weight excluding hydrogens is 198 g/mol. The van der Waals surface area contributed by atoms with Gasteiger partial charge in [-0.05, 0) is 11.6 Å². The molecule has 2 rings (SSSR count). The number of amides is 1. The molecule has 0 bridgehead atoms. The number of nitrogens with one attached hydrogen (secondary N) is 1. The van der Waals surface area contributed by atoms with Crippen LogP contribution in [-0.2, 0) is 9.59 Å². The van der Waals surface area contributed by atoms with E-state index in [1.165, 1.54) is 6.07 Å². The Morgan fingerprint density at radius 3 is 2.93 bits per heavy atom. The van der Waals surface area contributed by atoms with Gasteiger partial charge < -0.3 is 20.3 Å². The van der Waals surface area contributed by atoms with E-state index in [-0.39, 0.29) is 12.2 Å². The van der Waals surface area contributed by atoms with Crippen LogP contribution in [-0.4, -0.2) is 17.0 Å². The second-order valence-corrected chi connectivity index (χ2v) is 3.36. The maximum atomic E-state index is 11.4. The minimum Gasteiger partial charge on any atom is -0.550 e. The van der Waals surface area contributed by atoms with Gasteiger partial charge in [0.15, 0.2) is 0 Å². The molecule has 78 valence electrons. The number of carboxylic acids is 1. The van der Waals surface area contributed by atoms with E-state index in [4.69, 9.17) is 0 Å². The molecule has 1 amide bonds. The van der Waals surface area contributed by atoms with E-state index >= 15 is 0 Å². The molecule has 0 radical (unpaired) electrons. The SMILES string of the molecule is O=C([O-])CC1C(=O)Nc2c(O)cccc21. The van der Waals surface area contributed by atoms with Crippen molar-refractivity contribution in [2.75, 3.05) is 5.32 Å². The van der Waals surface area contributed by atoms with Crippen LogP contribution in [0.15, 0.2) is 18.2 Å². The van der Waals surface area contributed by atoms with Crippen LogP contribution in [0.1, 0.15) is 17.9 Å². The first-order valence-corrected chi connectivity index (χ1v) is 4.42. The highest BCUT2D eigenvalue weighted by molar-refractivity contribution is 6.05. The van der Waals surface area contributed by atoms with Crippen LogP contribution in [0.3, 0.4) is 0 Å². The summed E-state index contributed by atoms with van der Waals surface area (Å²) in [6.45, 7) is 0. The molecule has 0 aliphatic carbocycles. The Morgan fingerprint density at radius 1 is 1.53 bits per heavy atom. The Kier molecular flexibility index (Phi) is 2.07. The monoisotopic (exact) mass is 206 g/mol. The molecule has 1 aliphatic heterocycles. The van der Waals surface area contributed by atoms with E-state index in [2.05, 4.69) is 5.32 Å². The fraction of sp³-hybridized carbons (Fsp3) is 0.200. The number of hydrogen-bond acceptors (Lipinski definition) is 4. The predicted molar refractivity (Wildman–Crippen MR) is 49.1 cm³/mol. The minimum atomic E-state index is -1.29. The molecule has 5 nitrogen and oxygen atoms in total. The van der Waals surface area contributed by atoms with Gasteiger partial charge in [-0.3, -0.25) is 4.79 Å². The van der Waals surface area contributed by atoms with Gasteiger partial charge in [0.25, 0.3) is 0 Å². The van der Waals surface area contributed by atoms with E-state index in [1.54, 1.807) is 12.1 Å². The number of carbonyl (C=O) groups is 2. The fourth-order valence-electron chi connectivity index (χ4n) is 1.70. The normalized spacial score (nSPS) is 18.4. The van der Waals surface area contributed by atoms with Crippen molar-refractivity contribution in [3.63, 3.8) is 0 Å². The number of rotatable bonds is 2. The van der Waals surface area contributed by atoms with Gasteiger partial charge in [-0.2, -0.15) is 0 Å². The lowest BCUT2D eigenvalue weighted by Crippen LogP contribution is -2.26. The number of para-hydroxylation sites is 1. The van der Waals surface area contributed by atoms with Crippen molar-refractivity contribution in [3.8, 4) is 5.75 Å². The largest absolute Gasteiger partial charge is 0.550 e. The number of carbonyl (C=O) groups excluding carboxylic acids is 2. The molecular formula is C10H8NO4-. The zero-order valence-corrected chi connectivity index (χ0v) is 7.69. The average molecular weight is 206 g/mol. The van der Waals surface area contributed by atoms with Crippen LogP contribution in [0.2, 0.25) is 0 Å². The third kappa shape index (κ3) is 1.52. The van der Waals surface area contributed by atoms with Gasteiger partial charge in [0.2, 0.25) is 5.91 Å². The molecule has 1 aliphatic rings. The van der Waals surface area contributed by atoms with Gasteiger partial charge in [-0.1, -0.05) is 12.1 Å². The second kappa shape index (κ2) is 3.27. The van der Waals surface area contributed by atoms with Crippen LogP contribution >= 0.6 is 0 Å². The zero-order chi connectivity index (χ0) is 11.0. The maximum absolute atomic E-state index is 11.4. The molecule has 5 heteroatoms. The number of benzene rings is 1. The summed E-state index contributed by atoms with van der Waals surface area (Å²) in [5.74, 6) is -2.53. The number of hydrogen-bond donors (Lipinski definition) is 2. The van der Waals surface area contributed by atoms with Crippen LogP contribution in [0, 0.1) is 0 Å². The molecule has 2 N–H and O–H groups in total. The Bertz CT molecular complexity index is 441. The lowest BCUT2D eigenvalue weighted by atomic mass is 9.97. The molecule has 1 aromatic rings. The Balaban J connectivity index is 2.41. The molecule has 0 saturated heterocycles. The van der Waals surface area contributed by atoms with Crippen molar-refractivity contribution < 1.29 is 19.8 Å². The van der Waals surface area contributed by atoms with Gasteiger partial charge in [-0.15, -0.1) is 0 Å². The smallest absolute Gasteiger partial charge is 0.232 e. The standard InChI is InChI=1S/C10H9NO4/c12-7-3-1-2-5-6(4-8(13)14)10(15)11-9(5)7/h1-3,6,12H,4H2,(H,11,15)(H,13,14)/p-1. The predicted octanol–water partition coefficient (Wildman–Crippen LogP) is -0.432. The molecule has 1 aromatic carbocycles. The van der Waals surface area contributed by atoms with Crippen LogP contribution in [0.4, 0.5) is 5.69 Å². The topological polar surface area (TPSA) is 89.5 Å². The Hall–Kier alpha value is -2.04. The highest BCUT2D eigenvalue weighted by atomic mass is 16.4. The second-order valence-electron chi connectivity index (χ2n) is 3.36. The molecule has 1 unspecified atom stereocenters.